The van der Waals surface area contributed by atoms with E-state index in [1.54, 1.807) is 31.3 Å². The smallest absolute Gasteiger partial charge is 0.292 e. The van der Waals surface area contributed by atoms with E-state index in [2.05, 4.69) is 15.9 Å². The third-order valence-electron chi connectivity index (χ3n) is 2.94. The van der Waals surface area contributed by atoms with Gasteiger partial charge in [-0.2, -0.15) is 0 Å². The van der Waals surface area contributed by atoms with Crippen molar-refractivity contribution >= 4 is 27.3 Å². The number of hydrogen-bond acceptors (Lipinski definition) is 4. The molecule has 0 saturated heterocycles. The fourth-order valence-corrected chi connectivity index (χ4v) is 2.53. The minimum absolute atomic E-state index is 0.0852. The maximum Gasteiger partial charge on any atom is 0.292 e. The first-order chi connectivity index (χ1) is 9.40. The Hall–Kier alpha value is -2.15. The number of para-hydroxylation sites is 1. The van der Waals surface area contributed by atoms with Crippen LogP contribution in [0.25, 0.3) is 0 Å². The van der Waals surface area contributed by atoms with Gasteiger partial charge in [-0.25, -0.2) is 0 Å². The topological polar surface area (TPSA) is 91.2 Å². The summed E-state index contributed by atoms with van der Waals surface area (Å²) in [6.07, 6.45) is 1.63. The molecule has 0 spiro atoms. The van der Waals surface area contributed by atoms with Crippen molar-refractivity contribution in [3.8, 4) is 0 Å². The summed E-state index contributed by atoms with van der Waals surface area (Å²) in [7, 11) is 0. The predicted octanol–water partition coefficient (Wildman–Crippen LogP) is 2.46. The molecular weight excluding hydrogens is 326 g/mol. The molecule has 0 aliphatic heterocycles. The molecule has 2 rings (SSSR count). The van der Waals surface area contributed by atoms with Gasteiger partial charge in [-0.1, -0.05) is 12.1 Å². The average Bonchev–Trinajstić information content (AvgIpc) is 2.37. The summed E-state index contributed by atoms with van der Waals surface area (Å²) in [5.74, 6) is 0. The molecule has 1 aromatic carbocycles. The van der Waals surface area contributed by atoms with Crippen LogP contribution in [0, 0.1) is 17.0 Å². The van der Waals surface area contributed by atoms with Crippen molar-refractivity contribution in [2.75, 3.05) is 5.73 Å². The summed E-state index contributed by atoms with van der Waals surface area (Å²) in [6, 6.07) is 6.29. The van der Waals surface area contributed by atoms with Gasteiger partial charge < -0.3 is 10.3 Å². The molecule has 20 heavy (non-hydrogen) atoms. The highest BCUT2D eigenvalue weighted by Gasteiger charge is 2.15. The zero-order valence-electron chi connectivity index (χ0n) is 10.7. The van der Waals surface area contributed by atoms with E-state index in [9.17, 15) is 14.9 Å². The number of halogens is 1. The molecule has 1 aromatic heterocycles. The van der Waals surface area contributed by atoms with Crippen LogP contribution in [0.3, 0.4) is 0 Å². The molecule has 104 valence electrons. The van der Waals surface area contributed by atoms with E-state index in [4.69, 9.17) is 5.73 Å². The first-order valence-electron chi connectivity index (χ1n) is 5.78. The minimum Gasteiger partial charge on any atom is -0.393 e. The molecule has 6 nitrogen and oxygen atoms in total. The van der Waals surface area contributed by atoms with Gasteiger partial charge in [-0.15, -0.1) is 0 Å². The number of nitro benzene ring substituents is 1. The summed E-state index contributed by atoms with van der Waals surface area (Å²) in [5, 5.41) is 10.9. The number of nitrogens with zero attached hydrogens (tertiary/aromatic N) is 2. The second-order valence-corrected chi connectivity index (χ2v) is 5.30. The van der Waals surface area contributed by atoms with Crippen LogP contribution in [-0.4, -0.2) is 9.49 Å². The molecule has 0 unspecified atom stereocenters. The van der Waals surface area contributed by atoms with Gasteiger partial charge >= 0.3 is 0 Å². The molecular formula is C13H12BrN3O3. The van der Waals surface area contributed by atoms with Gasteiger partial charge in [0, 0.05) is 27.9 Å². The lowest BCUT2D eigenvalue weighted by Crippen LogP contribution is -2.22. The number of pyridine rings is 1. The van der Waals surface area contributed by atoms with Crippen LogP contribution in [0.1, 0.15) is 11.1 Å². The van der Waals surface area contributed by atoms with Crippen molar-refractivity contribution in [1.82, 2.24) is 4.57 Å². The molecule has 0 bridgehead atoms. The Balaban J connectivity index is 2.48. The average molecular weight is 338 g/mol. The van der Waals surface area contributed by atoms with Crippen molar-refractivity contribution in [2.45, 2.75) is 13.5 Å². The van der Waals surface area contributed by atoms with Crippen molar-refractivity contribution in [1.29, 1.82) is 0 Å². The summed E-state index contributed by atoms with van der Waals surface area (Å²) < 4.78 is 2.23. The fourth-order valence-electron chi connectivity index (χ4n) is 1.94. The first-order valence-corrected chi connectivity index (χ1v) is 6.58. The molecule has 0 fully saturated rings. The number of anilines is 1. The number of benzene rings is 1. The third kappa shape index (κ3) is 2.72. The summed E-state index contributed by atoms with van der Waals surface area (Å²) in [5.41, 5.74) is 6.70. The van der Waals surface area contributed by atoms with Crippen LogP contribution < -0.4 is 11.3 Å². The maximum atomic E-state index is 12.0. The van der Waals surface area contributed by atoms with E-state index in [0.717, 1.165) is 4.47 Å². The molecule has 0 aliphatic carbocycles. The van der Waals surface area contributed by atoms with Crippen LogP contribution in [0.15, 0.2) is 39.7 Å². The lowest BCUT2D eigenvalue weighted by atomic mass is 10.1. The Morgan fingerprint density at radius 2 is 2.15 bits per heavy atom. The largest absolute Gasteiger partial charge is 0.393 e. The van der Waals surface area contributed by atoms with Crippen molar-refractivity contribution in [3.63, 3.8) is 0 Å². The maximum absolute atomic E-state index is 12.0. The lowest BCUT2D eigenvalue weighted by molar-refractivity contribution is -0.383. The quantitative estimate of drug-likeness (QED) is 0.529. The van der Waals surface area contributed by atoms with Crippen LogP contribution in [0.4, 0.5) is 11.4 Å². The standard InChI is InChI=1S/C13H12BrN3O3/c1-8-5-10(14)7-16(13(8)18)6-9-3-2-4-11(12(9)15)17(19)20/h2-5,7H,6,15H2,1H3. The van der Waals surface area contributed by atoms with E-state index < -0.39 is 4.92 Å². The van der Waals surface area contributed by atoms with E-state index in [0.29, 0.717) is 11.1 Å². The van der Waals surface area contributed by atoms with Crippen LogP contribution in [0.2, 0.25) is 0 Å². The lowest BCUT2D eigenvalue weighted by Gasteiger charge is -2.10. The molecule has 0 atom stereocenters. The monoisotopic (exact) mass is 337 g/mol. The van der Waals surface area contributed by atoms with Crippen LogP contribution >= 0.6 is 15.9 Å². The number of nitrogen functional groups attached to an aromatic ring is 1. The third-order valence-corrected chi connectivity index (χ3v) is 3.38. The second-order valence-electron chi connectivity index (χ2n) is 4.38. The minimum atomic E-state index is -0.534. The first kappa shape index (κ1) is 14.3. The fraction of sp³-hybridized carbons (Fsp3) is 0.154. The number of hydrogen-bond donors (Lipinski definition) is 1. The number of nitrogens with two attached hydrogens (primary N) is 1. The van der Waals surface area contributed by atoms with E-state index in [-0.39, 0.29) is 23.5 Å². The zero-order valence-corrected chi connectivity index (χ0v) is 12.3. The highest BCUT2D eigenvalue weighted by atomic mass is 79.9. The second kappa shape index (κ2) is 5.46. The predicted molar refractivity (Wildman–Crippen MR) is 79.7 cm³/mol. The van der Waals surface area contributed by atoms with Gasteiger partial charge in [0.05, 0.1) is 11.5 Å². The Morgan fingerprint density at radius 3 is 2.80 bits per heavy atom. The molecule has 0 amide bonds. The van der Waals surface area contributed by atoms with Crippen molar-refractivity contribution < 1.29 is 4.92 Å². The summed E-state index contributed by atoms with van der Waals surface area (Å²) >= 11 is 3.32. The number of aromatic nitrogens is 1. The van der Waals surface area contributed by atoms with Gasteiger partial charge in [0.1, 0.15) is 5.69 Å². The Labute approximate surface area is 123 Å². The van der Waals surface area contributed by atoms with E-state index in [1.165, 1.54) is 10.6 Å². The SMILES string of the molecule is Cc1cc(Br)cn(Cc2cccc([N+](=O)[O-])c2N)c1=O. The Kier molecular flexibility index (Phi) is 3.89. The molecule has 7 heteroatoms. The van der Waals surface area contributed by atoms with E-state index >= 15 is 0 Å². The Bertz CT molecular complexity index is 740. The highest BCUT2D eigenvalue weighted by Crippen LogP contribution is 2.25. The van der Waals surface area contributed by atoms with Gasteiger partial charge in [0.15, 0.2) is 0 Å². The van der Waals surface area contributed by atoms with Gasteiger partial charge in [-0.3, -0.25) is 14.9 Å². The molecule has 2 N–H and O–H groups in total. The molecule has 2 aromatic rings. The van der Waals surface area contributed by atoms with Gasteiger partial charge in [-0.05, 0) is 28.9 Å². The highest BCUT2D eigenvalue weighted by molar-refractivity contribution is 9.10. The summed E-state index contributed by atoms with van der Waals surface area (Å²) in [6.45, 7) is 1.90. The normalized spacial score (nSPS) is 10.5. The van der Waals surface area contributed by atoms with Crippen molar-refractivity contribution in [2.24, 2.45) is 0 Å². The van der Waals surface area contributed by atoms with Gasteiger partial charge in [0.2, 0.25) is 0 Å². The van der Waals surface area contributed by atoms with E-state index in [1.807, 2.05) is 0 Å². The van der Waals surface area contributed by atoms with Crippen LogP contribution in [-0.2, 0) is 6.54 Å². The van der Waals surface area contributed by atoms with Gasteiger partial charge in [0.25, 0.3) is 11.2 Å². The molecule has 0 radical (unpaired) electrons. The van der Waals surface area contributed by atoms with Crippen molar-refractivity contribution in [3.05, 3.63) is 66.5 Å². The molecule has 0 saturated carbocycles. The number of aryl methyl sites for hydroxylation is 1. The number of nitro groups is 1. The number of rotatable bonds is 3. The van der Waals surface area contributed by atoms with Crippen LogP contribution in [0.5, 0.6) is 0 Å². The molecule has 0 aliphatic rings. The molecule has 1 heterocycles. The zero-order chi connectivity index (χ0) is 14.9. The Morgan fingerprint density at radius 1 is 1.45 bits per heavy atom. The summed E-state index contributed by atoms with van der Waals surface area (Å²) in [4.78, 5) is 22.3.